The second-order valence-corrected chi connectivity index (χ2v) is 0.425. The first-order valence-corrected chi connectivity index (χ1v) is 0.801. The number of nitrogens with two attached hydrogens (primary N) is 2. The molecule has 0 atom stereocenters. The third-order valence-corrected chi connectivity index (χ3v) is 0. The van der Waals surface area contributed by atoms with Crippen LogP contribution in [0.15, 0.2) is 0 Å². The molecule has 0 aliphatic rings. The lowest BCUT2D eigenvalue weighted by atomic mass is 11.1. The van der Waals surface area contributed by atoms with Crippen LogP contribution in [0, 0.1) is 5.40 Å². The van der Waals surface area contributed by atoms with Crippen molar-refractivity contribution in [2.45, 2.75) is 0 Å². The molecule has 0 aromatic carbocycles. The van der Waals surface area contributed by atoms with Gasteiger partial charge in [0.1, 0.15) is 0 Å². The van der Waals surface area contributed by atoms with Crippen LogP contribution in [-0.4, -0.2) is 5.96 Å². The molecule has 5 N–H and O–H groups in total. The van der Waals surface area contributed by atoms with Crippen LogP contribution in [0.4, 0.5) is 0 Å². The van der Waals surface area contributed by atoms with E-state index >= 15 is 0 Å². The largest absolute Gasteiger partial charge is 0.370 e. The van der Waals surface area contributed by atoms with Crippen molar-refractivity contribution in [3.63, 3.8) is 0 Å². The zero-order chi connectivity index (χ0) is 4.28. The molecule has 0 radical (unpaired) electrons. The summed E-state index contributed by atoms with van der Waals surface area (Å²) < 4.78 is 6.00. The van der Waals surface area contributed by atoms with Crippen molar-refractivity contribution in [2.24, 2.45) is 11.5 Å². The minimum Gasteiger partial charge on any atom is -0.370 e. The van der Waals surface area contributed by atoms with Crippen molar-refractivity contribution in [2.75, 3.05) is 0 Å². The first-order chi connectivity index (χ1) is 2.27. The second-order valence-electron chi connectivity index (χ2n) is 0.425. The highest BCUT2D eigenvalue weighted by molar-refractivity contribution is 5.71. The molecule has 0 heterocycles. The minimum absolute atomic E-state index is 0.204. The minimum atomic E-state index is -0.204. The van der Waals surface area contributed by atoms with Crippen LogP contribution >= 0.6 is 0 Å². The lowest BCUT2D eigenvalue weighted by Gasteiger charge is -1.69. The average Bonchev–Trinajstić information content (AvgIpc) is 1.38. The summed E-state index contributed by atoms with van der Waals surface area (Å²) in [5.41, 5.74) is 9.26. The Morgan fingerprint density at radius 3 is 2.25 bits per heavy atom. The van der Waals surface area contributed by atoms with Crippen LogP contribution < -0.4 is 11.5 Å². The molecule has 0 aliphatic carbocycles. The van der Waals surface area contributed by atoms with Gasteiger partial charge in [0.15, 0.2) is 7.37 Å². The molecule has 0 aromatic rings. The lowest BCUT2D eigenvalue weighted by molar-refractivity contribution is 1.39. The van der Waals surface area contributed by atoms with E-state index in [9.17, 15) is 0 Å². The average molecular weight is 60.1 g/mol. The SMILES string of the molecule is [2H]N=C(N)N. The standard InChI is InChI=1S/CH5N3/c2-1(3)4/h(H5,2,3,4)/i/hD. The van der Waals surface area contributed by atoms with Crippen molar-refractivity contribution in [1.82, 2.24) is 0 Å². The normalized spacial score (nSPS) is 8.50. The van der Waals surface area contributed by atoms with Gasteiger partial charge in [0.05, 0.1) is 0 Å². The molecular weight excluding hydrogens is 54.0 g/mol. The van der Waals surface area contributed by atoms with Gasteiger partial charge in [0, 0.05) is 0 Å². The molecule has 0 saturated carbocycles. The molecule has 0 bridgehead atoms. The van der Waals surface area contributed by atoms with Gasteiger partial charge in [-0.1, -0.05) is 0 Å². The number of rotatable bonds is 0. The number of nitrogens with one attached hydrogen (secondary N) is 1. The number of hydrogen-bond acceptors (Lipinski definition) is 1. The van der Waals surface area contributed by atoms with Gasteiger partial charge in [-0.3, -0.25) is 5.40 Å². The molecule has 3 heteroatoms. The number of hydrogen-bond donors (Lipinski definition) is 3. The smallest absolute Gasteiger partial charge is 0.191 e. The van der Waals surface area contributed by atoms with E-state index in [1.54, 1.807) is 0 Å². The van der Waals surface area contributed by atoms with Crippen LogP contribution in [0.5, 0.6) is 0 Å². The summed E-state index contributed by atoms with van der Waals surface area (Å²) in [5.74, 6) is -0.204. The maximum absolute atomic E-state index is 6.00. The van der Waals surface area contributed by atoms with E-state index in [1.807, 2.05) is 0 Å². The molecule has 0 aliphatic heterocycles. The fourth-order valence-electron chi connectivity index (χ4n) is 0. The van der Waals surface area contributed by atoms with E-state index in [1.165, 1.54) is 0 Å². The maximum Gasteiger partial charge on any atom is 0.191 e. The summed E-state index contributed by atoms with van der Waals surface area (Å²) >= 11 is 0. The fourth-order valence-corrected chi connectivity index (χ4v) is 0. The molecule has 3 nitrogen and oxygen atoms in total. The predicted octanol–water partition coefficient (Wildman–Crippen LogP) is -1.16. The zero-order valence-electron chi connectivity index (χ0n) is 3.10. The Bertz CT molecular complexity index is 44.9. The predicted molar refractivity (Wildman–Crippen MR) is 16.1 cm³/mol. The van der Waals surface area contributed by atoms with E-state index in [0.29, 0.717) is 0 Å². The highest BCUT2D eigenvalue weighted by Crippen LogP contribution is 1.13. The number of guanidine groups is 1. The third kappa shape index (κ3) is 0.174. The van der Waals surface area contributed by atoms with E-state index in [2.05, 4.69) is 16.9 Å². The Hall–Kier alpha value is -0.730. The van der Waals surface area contributed by atoms with Crippen molar-refractivity contribution < 1.29 is 1.41 Å². The van der Waals surface area contributed by atoms with Crippen LogP contribution in [0.1, 0.15) is 0 Å². The molecule has 0 aromatic heterocycles. The molecule has 0 saturated heterocycles. The van der Waals surface area contributed by atoms with Crippen molar-refractivity contribution in [1.29, 1.82) is 5.40 Å². The van der Waals surface area contributed by atoms with Gasteiger partial charge in [-0.15, -0.1) is 0 Å². The zero-order valence-corrected chi connectivity index (χ0v) is 2.10. The summed E-state index contributed by atoms with van der Waals surface area (Å²) in [7, 11) is 0. The van der Waals surface area contributed by atoms with E-state index in [0.717, 1.165) is 0 Å². The Morgan fingerprint density at radius 2 is 2.25 bits per heavy atom. The molecule has 4 heavy (non-hydrogen) atoms. The monoisotopic (exact) mass is 60.1 g/mol. The maximum atomic E-state index is 6.00. The van der Waals surface area contributed by atoms with Gasteiger partial charge in [0.25, 0.3) is 0 Å². The van der Waals surface area contributed by atoms with Crippen LogP contribution in [-0.2, 0) is 0 Å². The van der Waals surface area contributed by atoms with Gasteiger partial charge in [-0.25, -0.2) is 0 Å². The first kappa shape index (κ1) is 1.58. The molecule has 0 unspecified atom stereocenters. The van der Waals surface area contributed by atoms with Gasteiger partial charge < -0.3 is 11.5 Å². The van der Waals surface area contributed by atoms with Gasteiger partial charge in [-0.05, 0) is 0 Å². The van der Waals surface area contributed by atoms with Crippen LogP contribution in [0.2, 0.25) is 1.41 Å². The lowest BCUT2D eigenvalue weighted by Crippen LogP contribution is -2.20. The Labute approximate surface area is 25.6 Å². The Balaban J connectivity index is 3.14. The molecule has 0 fully saturated rings. The molecule has 0 amide bonds. The first-order valence-electron chi connectivity index (χ1n) is 1.25. The van der Waals surface area contributed by atoms with Crippen molar-refractivity contribution >= 4 is 5.96 Å². The summed E-state index contributed by atoms with van der Waals surface area (Å²) in [6.45, 7) is 0. The molecule has 0 rings (SSSR count). The summed E-state index contributed by atoms with van der Waals surface area (Å²) in [6, 6.07) is 0. The highest BCUT2D eigenvalue weighted by Gasteiger charge is 1.52. The highest BCUT2D eigenvalue weighted by atomic mass is 14.9. The fraction of sp³-hybridized carbons (Fsp3) is 0. The molecule has 0 spiro atoms. The van der Waals surface area contributed by atoms with Gasteiger partial charge >= 0.3 is 0 Å². The van der Waals surface area contributed by atoms with Crippen molar-refractivity contribution in [3.8, 4) is 0 Å². The molecule has 24 valence electrons. The molecular formula is CH5N3. The third-order valence-electron chi connectivity index (χ3n) is 0. The topological polar surface area (TPSA) is 75.9 Å². The summed E-state index contributed by atoms with van der Waals surface area (Å²) in [4.78, 5) is 0. The summed E-state index contributed by atoms with van der Waals surface area (Å²) in [6.07, 6.45) is 0. The Morgan fingerprint density at radius 1 is 2.00 bits per heavy atom. The van der Waals surface area contributed by atoms with Gasteiger partial charge in [-0.2, -0.15) is 0 Å². The quantitative estimate of drug-likeness (QED) is 0.243. The second kappa shape index (κ2) is 0.711. The van der Waals surface area contributed by atoms with E-state index < -0.39 is 0 Å². The van der Waals surface area contributed by atoms with Gasteiger partial charge in [0.2, 0.25) is 0 Å². The Kier molecular flexibility index (Phi) is 0.280. The van der Waals surface area contributed by atoms with E-state index in [4.69, 9.17) is 1.41 Å². The van der Waals surface area contributed by atoms with E-state index in [-0.39, 0.29) is 5.96 Å². The summed E-state index contributed by atoms with van der Waals surface area (Å²) in [5, 5.41) is 2.61. The van der Waals surface area contributed by atoms with Crippen LogP contribution in [0.25, 0.3) is 0 Å². The van der Waals surface area contributed by atoms with Crippen molar-refractivity contribution in [3.05, 3.63) is 0 Å². The van der Waals surface area contributed by atoms with Crippen LogP contribution in [0.3, 0.4) is 0 Å².